The Morgan fingerprint density at radius 1 is 1.03 bits per heavy atom. The van der Waals surface area contributed by atoms with Crippen molar-refractivity contribution in [2.75, 3.05) is 5.32 Å². The molecule has 6 heteroatoms. The molecule has 0 unspecified atom stereocenters. The maximum atomic E-state index is 12.9. The number of aromatic nitrogens is 1. The van der Waals surface area contributed by atoms with E-state index in [0.29, 0.717) is 17.8 Å². The van der Waals surface area contributed by atoms with Gasteiger partial charge in [-0.25, -0.2) is 0 Å². The average molecular weight is 421 g/mol. The summed E-state index contributed by atoms with van der Waals surface area (Å²) in [6, 6.07) is 23.4. The van der Waals surface area contributed by atoms with Gasteiger partial charge in [-0.2, -0.15) is 0 Å². The second-order valence-electron chi connectivity index (χ2n) is 6.52. The molecule has 0 aliphatic rings. The van der Waals surface area contributed by atoms with Crippen LogP contribution in [0, 0.1) is 0 Å². The molecule has 0 saturated heterocycles. The van der Waals surface area contributed by atoms with Crippen molar-refractivity contribution in [3.8, 4) is 0 Å². The number of amides is 1. The van der Waals surface area contributed by atoms with Gasteiger partial charge < -0.3 is 5.32 Å². The highest BCUT2D eigenvalue weighted by atomic mass is 32.2. The van der Waals surface area contributed by atoms with Gasteiger partial charge in [0.05, 0.1) is 15.8 Å². The maximum Gasteiger partial charge on any atom is 0.308 e. The lowest BCUT2D eigenvalue weighted by molar-refractivity contribution is 0.102. The van der Waals surface area contributed by atoms with Crippen molar-refractivity contribution < 1.29 is 4.79 Å². The molecule has 4 aromatic rings. The zero-order valence-corrected chi connectivity index (χ0v) is 17.6. The molecule has 0 fully saturated rings. The first kappa shape index (κ1) is 19.5. The molecule has 0 atom stereocenters. The molecule has 1 heterocycles. The van der Waals surface area contributed by atoms with Crippen LogP contribution in [-0.4, -0.2) is 10.5 Å². The number of nitrogens with zero attached hydrogens (tertiary/aromatic N) is 1. The largest absolute Gasteiger partial charge is 0.322 e. The van der Waals surface area contributed by atoms with Crippen LogP contribution in [0.25, 0.3) is 10.2 Å². The summed E-state index contributed by atoms with van der Waals surface area (Å²) in [5.41, 5.74) is 3.45. The van der Waals surface area contributed by atoms with Crippen molar-refractivity contribution in [3.05, 3.63) is 93.6 Å². The molecule has 0 aliphatic carbocycles. The Morgan fingerprint density at radius 3 is 2.59 bits per heavy atom. The van der Waals surface area contributed by atoms with Crippen molar-refractivity contribution in [3.63, 3.8) is 0 Å². The molecule has 146 valence electrons. The van der Waals surface area contributed by atoms with Gasteiger partial charge in [0, 0.05) is 22.9 Å². The first-order valence-electron chi connectivity index (χ1n) is 9.36. The minimum atomic E-state index is -0.150. The van der Waals surface area contributed by atoms with E-state index in [9.17, 15) is 9.59 Å². The Kier molecular flexibility index (Phi) is 5.83. The Morgan fingerprint density at radius 2 is 1.79 bits per heavy atom. The second-order valence-corrected chi connectivity index (χ2v) is 8.53. The average Bonchev–Trinajstić information content (AvgIpc) is 3.07. The van der Waals surface area contributed by atoms with E-state index in [1.54, 1.807) is 16.3 Å². The second kappa shape index (κ2) is 8.68. The Labute approximate surface area is 177 Å². The minimum Gasteiger partial charge on any atom is -0.322 e. The molecule has 0 spiro atoms. The fraction of sp³-hybridized carbons (Fsp3) is 0.130. The Bertz CT molecular complexity index is 1210. The summed E-state index contributed by atoms with van der Waals surface area (Å²) in [5, 5.41) is 2.98. The number of anilines is 1. The van der Waals surface area contributed by atoms with Gasteiger partial charge in [-0.05, 0) is 42.8 Å². The molecule has 1 N–H and O–H groups in total. The van der Waals surface area contributed by atoms with E-state index in [4.69, 9.17) is 0 Å². The number of nitrogens with one attached hydrogen (secondary N) is 1. The molecule has 0 radical (unpaired) electrons. The van der Waals surface area contributed by atoms with Crippen LogP contribution in [0.2, 0.25) is 0 Å². The van der Waals surface area contributed by atoms with Gasteiger partial charge in [-0.3, -0.25) is 14.2 Å². The topological polar surface area (TPSA) is 51.1 Å². The molecular weight excluding hydrogens is 400 g/mol. The molecule has 4 rings (SSSR count). The molecule has 29 heavy (non-hydrogen) atoms. The first-order valence-corrected chi connectivity index (χ1v) is 11.2. The zero-order chi connectivity index (χ0) is 20.2. The minimum absolute atomic E-state index is 0.0219. The quantitative estimate of drug-likeness (QED) is 0.412. The summed E-state index contributed by atoms with van der Waals surface area (Å²) in [6.45, 7) is 2.59. The highest BCUT2D eigenvalue weighted by Crippen LogP contribution is 2.28. The number of fused-ring (bicyclic) bond motifs is 1. The van der Waals surface area contributed by atoms with Crippen molar-refractivity contribution in [1.29, 1.82) is 0 Å². The zero-order valence-electron chi connectivity index (χ0n) is 15.9. The van der Waals surface area contributed by atoms with Gasteiger partial charge in [0.15, 0.2) is 0 Å². The van der Waals surface area contributed by atoms with Crippen molar-refractivity contribution in [2.45, 2.75) is 24.1 Å². The fourth-order valence-electron chi connectivity index (χ4n) is 3.16. The number of carbonyl (C=O) groups excluding carboxylic acids is 1. The smallest absolute Gasteiger partial charge is 0.308 e. The summed E-state index contributed by atoms with van der Waals surface area (Å²) in [4.78, 5) is 25.9. The molecule has 4 nitrogen and oxygen atoms in total. The van der Waals surface area contributed by atoms with Crippen LogP contribution in [0.15, 0.2) is 82.5 Å². The van der Waals surface area contributed by atoms with Crippen molar-refractivity contribution in [2.24, 2.45) is 0 Å². The number of rotatable bonds is 6. The predicted molar refractivity (Wildman–Crippen MR) is 122 cm³/mol. The molecule has 1 aromatic heterocycles. The van der Waals surface area contributed by atoms with Gasteiger partial charge in [-0.15, -0.1) is 11.8 Å². The van der Waals surface area contributed by atoms with Crippen LogP contribution < -0.4 is 10.2 Å². The molecule has 3 aromatic carbocycles. The lowest BCUT2D eigenvalue weighted by Crippen LogP contribution is -2.13. The van der Waals surface area contributed by atoms with Crippen LogP contribution in [0.5, 0.6) is 0 Å². The van der Waals surface area contributed by atoms with Crippen molar-refractivity contribution >= 4 is 44.9 Å². The SMILES string of the molecule is CCn1c(=O)sc2cc(NC(=O)c3ccccc3SCc3ccccc3)ccc21. The van der Waals surface area contributed by atoms with Gasteiger partial charge in [0.2, 0.25) is 0 Å². The Balaban J connectivity index is 1.54. The van der Waals surface area contributed by atoms with Crippen LogP contribution in [-0.2, 0) is 12.3 Å². The molecular formula is C23H20N2O2S2. The number of aryl methyl sites for hydroxylation is 1. The van der Waals surface area contributed by atoms with E-state index in [-0.39, 0.29) is 10.8 Å². The van der Waals surface area contributed by atoms with Crippen LogP contribution in [0.3, 0.4) is 0 Å². The van der Waals surface area contributed by atoms with E-state index >= 15 is 0 Å². The van der Waals surface area contributed by atoms with E-state index < -0.39 is 0 Å². The molecule has 0 bridgehead atoms. The van der Waals surface area contributed by atoms with E-state index in [2.05, 4.69) is 17.4 Å². The number of thiazole rings is 1. The third-order valence-corrected chi connectivity index (χ3v) is 6.70. The first-order chi connectivity index (χ1) is 14.2. The normalized spacial score (nSPS) is 10.9. The third kappa shape index (κ3) is 4.28. The van der Waals surface area contributed by atoms with E-state index in [1.807, 2.05) is 67.6 Å². The molecule has 1 amide bonds. The fourth-order valence-corrected chi connectivity index (χ4v) is 5.16. The van der Waals surface area contributed by atoms with Crippen molar-refractivity contribution in [1.82, 2.24) is 4.57 Å². The van der Waals surface area contributed by atoms with Crippen LogP contribution in [0.4, 0.5) is 5.69 Å². The van der Waals surface area contributed by atoms with Crippen LogP contribution >= 0.6 is 23.1 Å². The summed E-state index contributed by atoms with van der Waals surface area (Å²) in [6.07, 6.45) is 0. The number of carbonyl (C=O) groups is 1. The summed E-state index contributed by atoms with van der Waals surface area (Å²) in [5.74, 6) is 0.651. The lowest BCUT2D eigenvalue weighted by Gasteiger charge is -2.10. The Hall–Kier alpha value is -2.83. The van der Waals surface area contributed by atoms with Gasteiger partial charge in [-0.1, -0.05) is 53.8 Å². The van der Waals surface area contributed by atoms with Gasteiger partial charge in [0.1, 0.15) is 0 Å². The predicted octanol–water partition coefficient (Wildman–Crippen LogP) is 5.63. The van der Waals surface area contributed by atoms with E-state index in [1.165, 1.54) is 16.9 Å². The summed E-state index contributed by atoms with van der Waals surface area (Å²) in [7, 11) is 0. The molecule has 0 aliphatic heterocycles. The number of benzene rings is 3. The third-order valence-electron chi connectivity index (χ3n) is 4.61. The molecule has 0 saturated carbocycles. The number of hydrogen-bond acceptors (Lipinski definition) is 4. The monoisotopic (exact) mass is 420 g/mol. The van der Waals surface area contributed by atoms with Gasteiger partial charge in [0.25, 0.3) is 5.91 Å². The maximum absolute atomic E-state index is 12.9. The highest BCUT2D eigenvalue weighted by Gasteiger charge is 2.13. The van der Waals surface area contributed by atoms with E-state index in [0.717, 1.165) is 20.9 Å². The summed E-state index contributed by atoms with van der Waals surface area (Å²) >= 11 is 2.85. The lowest BCUT2D eigenvalue weighted by atomic mass is 10.2. The highest BCUT2D eigenvalue weighted by molar-refractivity contribution is 7.98. The van der Waals surface area contributed by atoms with Crippen LogP contribution in [0.1, 0.15) is 22.8 Å². The number of hydrogen-bond donors (Lipinski definition) is 1. The van der Waals surface area contributed by atoms with Gasteiger partial charge >= 0.3 is 4.87 Å². The summed E-state index contributed by atoms with van der Waals surface area (Å²) < 4.78 is 2.61. The standard InChI is InChI=1S/C23H20N2O2S2/c1-2-25-19-13-12-17(14-21(19)29-23(25)27)24-22(26)18-10-6-7-11-20(18)28-15-16-8-4-3-5-9-16/h3-14H,2,15H2,1H3,(H,24,26). The number of thioether (sulfide) groups is 1.